The summed E-state index contributed by atoms with van der Waals surface area (Å²) in [7, 11) is 1.74. The molecule has 0 aliphatic heterocycles. The highest BCUT2D eigenvalue weighted by molar-refractivity contribution is 5.83. The number of benzene rings is 1. The zero-order valence-corrected chi connectivity index (χ0v) is 9.74. The molecule has 3 nitrogen and oxygen atoms in total. The van der Waals surface area contributed by atoms with Crippen molar-refractivity contribution >= 4 is 10.9 Å². The van der Waals surface area contributed by atoms with Gasteiger partial charge in [-0.1, -0.05) is 6.07 Å². The van der Waals surface area contributed by atoms with Crippen LogP contribution in [0.25, 0.3) is 10.9 Å². The molecular weight excluding hydrogens is 202 g/mol. The van der Waals surface area contributed by atoms with Crippen LogP contribution in [0.5, 0.6) is 0 Å². The van der Waals surface area contributed by atoms with E-state index in [1.54, 1.807) is 17.7 Å². The molecule has 0 aliphatic carbocycles. The van der Waals surface area contributed by atoms with E-state index in [1.807, 2.05) is 19.9 Å². The molecule has 0 spiro atoms. The van der Waals surface area contributed by atoms with Crippen LogP contribution in [0, 0.1) is 13.8 Å². The molecule has 1 heterocycles. The van der Waals surface area contributed by atoms with E-state index in [9.17, 15) is 4.79 Å². The summed E-state index contributed by atoms with van der Waals surface area (Å²) in [6.07, 6.45) is 0. The predicted molar refractivity (Wildman–Crippen MR) is 64.6 cm³/mol. The summed E-state index contributed by atoms with van der Waals surface area (Å²) in [5, 5.41) is 10.2. The summed E-state index contributed by atoms with van der Waals surface area (Å²) in [5.41, 5.74) is 3.50. The van der Waals surface area contributed by atoms with Crippen molar-refractivity contribution in [3.8, 4) is 0 Å². The van der Waals surface area contributed by atoms with Gasteiger partial charge in [0.1, 0.15) is 0 Å². The van der Waals surface area contributed by atoms with Crippen LogP contribution in [0.1, 0.15) is 16.7 Å². The lowest BCUT2D eigenvalue weighted by Gasteiger charge is -2.10. The third kappa shape index (κ3) is 1.53. The average Bonchev–Trinajstić information content (AvgIpc) is 2.24. The lowest BCUT2D eigenvalue weighted by Crippen LogP contribution is -2.21. The molecule has 1 N–H and O–H groups in total. The van der Waals surface area contributed by atoms with Crippen molar-refractivity contribution in [3.05, 3.63) is 45.2 Å². The van der Waals surface area contributed by atoms with Crippen LogP contribution < -0.4 is 5.56 Å². The Hall–Kier alpha value is -1.61. The van der Waals surface area contributed by atoms with Gasteiger partial charge in [-0.3, -0.25) is 4.79 Å². The molecule has 2 aromatic rings. The summed E-state index contributed by atoms with van der Waals surface area (Å²) >= 11 is 0. The van der Waals surface area contributed by atoms with Gasteiger partial charge in [0.15, 0.2) is 0 Å². The SMILES string of the molecule is Cc1cc(C)c2cc(CO)c(=O)n(C)c2c1. The number of fused-ring (bicyclic) bond motifs is 1. The van der Waals surface area contributed by atoms with E-state index < -0.39 is 0 Å². The van der Waals surface area contributed by atoms with E-state index in [-0.39, 0.29) is 12.2 Å². The van der Waals surface area contributed by atoms with Crippen LogP contribution in [0.15, 0.2) is 23.0 Å². The molecule has 2 rings (SSSR count). The van der Waals surface area contributed by atoms with E-state index >= 15 is 0 Å². The lowest BCUT2D eigenvalue weighted by atomic mass is 10.0. The fourth-order valence-corrected chi connectivity index (χ4v) is 2.10. The molecule has 16 heavy (non-hydrogen) atoms. The second kappa shape index (κ2) is 3.76. The van der Waals surface area contributed by atoms with Crippen molar-refractivity contribution < 1.29 is 5.11 Å². The zero-order valence-electron chi connectivity index (χ0n) is 9.74. The number of pyridine rings is 1. The van der Waals surface area contributed by atoms with Gasteiger partial charge in [-0.2, -0.15) is 0 Å². The Morgan fingerprint density at radius 2 is 1.94 bits per heavy atom. The Bertz CT molecular complexity index is 611. The first-order valence-electron chi connectivity index (χ1n) is 5.25. The van der Waals surface area contributed by atoms with E-state index in [0.29, 0.717) is 5.56 Å². The average molecular weight is 217 g/mol. The number of nitrogens with zero attached hydrogens (tertiary/aromatic N) is 1. The quantitative estimate of drug-likeness (QED) is 0.789. The van der Waals surface area contributed by atoms with Crippen molar-refractivity contribution in [3.63, 3.8) is 0 Å². The first kappa shape index (κ1) is 10.9. The minimum Gasteiger partial charge on any atom is -0.391 e. The molecule has 3 heteroatoms. The zero-order chi connectivity index (χ0) is 11.9. The molecule has 0 saturated heterocycles. The molecule has 1 aromatic carbocycles. The van der Waals surface area contributed by atoms with Crippen LogP contribution in [0.3, 0.4) is 0 Å². The Morgan fingerprint density at radius 1 is 1.25 bits per heavy atom. The molecule has 0 amide bonds. The summed E-state index contributed by atoms with van der Waals surface area (Å²) < 4.78 is 1.60. The number of hydrogen-bond donors (Lipinski definition) is 1. The largest absolute Gasteiger partial charge is 0.391 e. The second-order valence-corrected chi connectivity index (χ2v) is 4.21. The van der Waals surface area contributed by atoms with E-state index in [1.165, 1.54) is 0 Å². The van der Waals surface area contributed by atoms with Crippen LogP contribution in [-0.4, -0.2) is 9.67 Å². The monoisotopic (exact) mass is 217 g/mol. The van der Waals surface area contributed by atoms with Gasteiger partial charge >= 0.3 is 0 Å². The van der Waals surface area contributed by atoms with E-state index in [2.05, 4.69) is 6.07 Å². The Kier molecular flexibility index (Phi) is 2.56. The highest BCUT2D eigenvalue weighted by atomic mass is 16.3. The smallest absolute Gasteiger partial charge is 0.256 e. The summed E-state index contributed by atoms with van der Waals surface area (Å²) in [5.74, 6) is 0. The predicted octanol–water partition coefficient (Wildman–Crippen LogP) is 1.65. The molecule has 1 aromatic heterocycles. The fraction of sp³-hybridized carbons (Fsp3) is 0.308. The number of aliphatic hydroxyl groups is 1. The number of rotatable bonds is 1. The second-order valence-electron chi connectivity index (χ2n) is 4.21. The minimum atomic E-state index is -0.212. The standard InChI is InChI=1S/C13H15NO2/c1-8-4-9(2)11-6-10(7-15)13(16)14(3)12(11)5-8/h4-6,15H,7H2,1-3H3. The van der Waals surface area contributed by atoms with Crippen LogP contribution in [0.4, 0.5) is 0 Å². The molecule has 0 radical (unpaired) electrons. The first-order valence-corrected chi connectivity index (χ1v) is 5.25. The van der Waals surface area contributed by atoms with Crippen molar-refractivity contribution in [2.24, 2.45) is 7.05 Å². The Labute approximate surface area is 94.0 Å². The molecule has 0 fully saturated rings. The molecule has 0 aliphatic rings. The molecule has 0 atom stereocenters. The van der Waals surface area contributed by atoms with Gasteiger partial charge in [-0.15, -0.1) is 0 Å². The maximum Gasteiger partial charge on any atom is 0.256 e. The van der Waals surface area contributed by atoms with E-state index in [4.69, 9.17) is 5.11 Å². The van der Waals surface area contributed by atoms with Crippen molar-refractivity contribution in [2.45, 2.75) is 20.5 Å². The van der Waals surface area contributed by atoms with Gasteiger partial charge in [0.2, 0.25) is 0 Å². The molecular formula is C13H15NO2. The normalized spacial score (nSPS) is 11.0. The van der Waals surface area contributed by atoms with Gasteiger partial charge in [0, 0.05) is 18.0 Å². The molecule has 0 bridgehead atoms. The minimum absolute atomic E-state index is 0.125. The Morgan fingerprint density at radius 3 is 2.56 bits per heavy atom. The number of aryl methyl sites for hydroxylation is 3. The first-order chi connectivity index (χ1) is 7.54. The third-order valence-corrected chi connectivity index (χ3v) is 2.94. The summed E-state index contributed by atoms with van der Waals surface area (Å²) in [6, 6.07) is 5.85. The highest BCUT2D eigenvalue weighted by Gasteiger charge is 2.07. The maximum absolute atomic E-state index is 11.8. The van der Waals surface area contributed by atoms with Crippen LogP contribution in [-0.2, 0) is 13.7 Å². The van der Waals surface area contributed by atoms with Crippen LogP contribution in [0.2, 0.25) is 0 Å². The van der Waals surface area contributed by atoms with Gasteiger partial charge in [0.25, 0.3) is 5.56 Å². The lowest BCUT2D eigenvalue weighted by molar-refractivity contribution is 0.279. The van der Waals surface area contributed by atoms with E-state index in [0.717, 1.165) is 22.0 Å². The van der Waals surface area contributed by atoms with Gasteiger partial charge in [-0.05, 0) is 37.1 Å². The fourth-order valence-electron chi connectivity index (χ4n) is 2.10. The summed E-state index contributed by atoms with van der Waals surface area (Å²) in [6.45, 7) is 3.81. The highest BCUT2D eigenvalue weighted by Crippen LogP contribution is 2.19. The summed E-state index contributed by atoms with van der Waals surface area (Å²) in [4.78, 5) is 11.8. The molecule has 84 valence electrons. The van der Waals surface area contributed by atoms with Crippen molar-refractivity contribution in [2.75, 3.05) is 0 Å². The van der Waals surface area contributed by atoms with Crippen LogP contribution >= 0.6 is 0 Å². The number of aliphatic hydroxyl groups excluding tert-OH is 1. The molecule has 0 unspecified atom stereocenters. The van der Waals surface area contributed by atoms with Gasteiger partial charge in [-0.25, -0.2) is 0 Å². The maximum atomic E-state index is 11.8. The van der Waals surface area contributed by atoms with Crippen molar-refractivity contribution in [1.29, 1.82) is 0 Å². The Balaban J connectivity index is 2.98. The van der Waals surface area contributed by atoms with Gasteiger partial charge in [0.05, 0.1) is 12.1 Å². The van der Waals surface area contributed by atoms with Crippen molar-refractivity contribution in [1.82, 2.24) is 4.57 Å². The van der Waals surface area contributed by atoms with Gasteiger partial charge < -0.3 is 9.67 Å². The third-order valence-electron chi connectivity index (χ3n) is 2.94. The molecule has 0 saturated carbocycles. The topological polar surface area (TPSA) is 42.2 Å². The number of hydrogen-bond acceptors (Lipinski definition) is 2. The number of aromatic nitrogens is 1.